The molecule has 0 spiro atoms. The Morgan fingerprint density at radius 2 is 1.50 bits per heavy atom. The fourth-order valence-corrected chi connectivity index (χ4v) is 9.63. The number of anilines is 1. The van der Waals surface area contributed by atoms with Gasteiger partial charge in [-0.1, -0.05) is 81.4 Å². The van der Waals surface area contributed by atoms with Crippen LogP contribution in [-0.2, 0) is 24.9 Å². The molecule has 42 heavy (non-hydrogen) atoms. The highest BCUT2D eigenvalue weighted by Crippen LogP contribution is 2.38. The van der Waals surface area contributed by atoms with Gasteiger partial charge in [0.25, 0.3) is 8.32 Å². The maximum absolute atomic E-state index is 13.5. The smallest absolute Gasteiger partial charge is 0.416 e. The van der Waals surface area contributed by atoms with Crippen LogP contribution in [-0.4, -0.2) is 47.8 Å². The molecule has 0 aliphatic carbocycles. The van der Waals surface area contributed by atoms with Crippen molar-refractivity contribution in [1.29, 1.82) is 0 Å². The first-order chi connectivity index (χ1) is 19.9. The first kappa shape index (κ1) is 31.3. The van der Waals surface area contributed by atoms with Gasteiger partial charge in [-0.2, -0.15) is 13.2 Å². The Kier molecular flexibility index (Phi) is 9.46. The number of benzene rings is 3. The highest BCUT2D eigenvalue weighted by atomic mass is 28.4. The molecule has 7 nitrogen and oxygen atoms in total. The quantitative estimate of drug-likeness (QED) is 0.125. The molecule has 0 bridgehead atoms. The zero-order valence-electron chi connectivity index (χ0n) is 24.1. The summed E-state index contributed by atoms with van der Waals surface area (Å²) < 4.78 is 63.1. The minimum atomic E-state index is -4.60. The molecule has 4 rings (SSSR count). The molecule has 1 N–H and O–H groups in total. The molecule has 0 fully saturated rings. The molecular weight excluding hydrogens is 567 g/mol. The number of carbonyl (C=O) groups excluding carboxylic acids is 1. The van der Waals surface area contributed by atoms with Gasteiger partial charge in [-0.15, -0.1) is 0 Å². The number of carbonyl (C=O) groups is 1. The van der Waals surface area contributed by atoms with Crippen molar-refractivity contribution >= 4 is 41.3 Å². The third-order valence-corrected chi connectivity index (χ3v) is 12.0. The minimum absolute atomic E-state index is 0.00861. The highest BCUT2D eigenvalue weighted by Gasteiger charge is 2.50. The molecule has 1 heterocycles. The summed E-state index contributed by atoms with van der Waals surface area (Å²) in [7, 11) is -0.277. The van der Waals surface area contributed by atoms with Crippen LogP contribution in [0.3, 0.4) is 0 Å². The van der Waals surface area contributed by atoms with Crippen LogP contribution in [0, 0.1) is 0 Å². The lowest BCUT2D eigenvalue weighted by Crippen LogP contribution is -2.67. The maximum Gasteiger partial charge on any atom is 0.416 e. The SMILES string of the molecule is COCC(CO[Si](c1ccccc1)(c1ccccc1)C(C)(C)C)ONc1c(C(=O)OC)oc2ccc(C(F)(F)F)cc12. The number of rotatable bonds is 11. The Morgan fingerprint density at radius 3 is 2.00 bits per heavy atom. The van der Waals surface area contributed by atoms with Crippen molar-refractivity contribution in [3.8, 4) is 0 Å². The molecule has 224 valence electrons. The second-order valence-electron chi connectivity index (χ2n) is 10.8. The lowest BCUT2D eigenvalue weighted by Gasteiger charge is -2.43. The average Bonchev–Trinajstić information content (AvgIpc) is 3.33. The second kappa shape index (κ2) is 12.7. The molecule has 0 amide bonds. The molecular formula is C31H34F3NO6Si. The summed E-state index contributed by atoms with van der Waals surface area (Å²) in [6.45, 7) is 6.58. The Morgan fingerprint density at radius 1 is 0.905 bits per heavy atom. The molecule has 0 saturated heterocycles. The van der Waals surface area contributed by atoms with E-state index in [4.69, 9.17) is 23.2 Å². The molecule has 0 aliphatic heterocycles. The Hall–Kier alpha value is -3.64. The maximum atomic E-state index is 13.5. The van der Waals surface area contributed by atoms with Crippen LogP contribution in [0.4, 0.5) is 18.9 Å². The van der Waals surface area contributed by atoms with E-state index in [0.717, 1.165) is 35.7 Å². The Labute approximate surface area is 243 Å². The predicted molar refractivity (Wildman–Crippen MR) is 157 cm³/mol. The van der Waals surface area contributed by atoms with Crippen LogP contribution in [0.25, 0.3) is 11.0 Å². The number of esters is 1. The van der Waals surface area contributed by atoms with Crippen LogP contribution in [0.1, 0.15) is 36.9 Å². The van der Waals surface area contributed by atoms with Gasteiger partial charge >= 0.3 is 12.1 Å². The minimum Gasteiger partial charge on any atom is -0.463 e. The number of hydrogen-bond acceptors (Lipinski definition) is 7. The molecule has 1 aromatic heterocycles. The van der Waals surface area contributed by atoms with Gasteiger partial charge in [0.05, 0.1) is 25.9 Å². The molecule has 1 atom stereocenters. The summed E-state index contributed by atoms with van der Waals surface area (Å²) in [5.41, 5.74) is 1.73. The van der Waals surface area contributed by atoms with Crippen LogP contribution < -0.4 is 15.9 Å². The number of halogens is 3. The summed E-state index contributed by atoms with van der Waals surface area (Å²) >= 11 is 0. The first-order valence-electron chi connectivity index (χ1n) is 13.3. The third kappa shape index (κ3) is 6.39. The average molecular weight is 602 g/mol. The van der Waals surface area contributed by atoms with Crippen molar-refractivity contribution in [2.75, 3.05) is 32.9 Å². The van der Waals surface area contributed by atoms with Crippen molar-refractivity contribution < 1.29 is 41.1 Å². The van der Waals surface area contributed by atoms with E-state index in [1.54, 1.807) is 0 Å². The van der Waals surface area contributed by atoms with Gasteiger partial charge in [-0.3, -0.25) is 10.3 Å². The number of ether oxygens (including phenoxy) is 2. The predicted octanol–water partition coefficient (Wildman–Crippen LogP) is 6.17. The normalized spacial score (nSPS) is 13.2. The molecule has 0 saturated carbocycles. The number of alkyl halides is 3. The van der Waals surface area contributed by atoms with E-state index >= 15 is 0 Å². The summed E-state index contributed by atoms with van der Waals surface area (Å²) in [6.07, 6.45) is -5.32. The van der Waals surface area contributed by atoms with Gasteiger partial charge in [0.1, 0.15) is 17.4 Å². The fourth-order valence-electron chi connectivity index (χ4n) is 5.04. The van der Waals surface area contributed by atoms with Crippen molar-refractivity contribution in [2.24, 2.45) is 0 Å². The van der Waals surface area contributed by atoms with E-state index in [0.29, 0.717) is 0 Å². The Balaban J connectivity index is 1.69. The Bertz CT molecular complexity index is 1450. The summed E-state index contributed by atoms with van der Waals surface area (Å²) in [4.78, 5) is 18.4. The summed E-state index contributed by atoms with van der Waals surface area (Å²) in [5.74, 6) is -1.20. The van der Waals surface area contributed by atoms with Crippen LogP contribution in [0.5, 0.6) is 0 Å². The molecule has 0 radical (unpaired) electrons. The molecule has 4 aromatic rings. The van der Waals surface area contributed by atoms with Crippen LogP contribution in [0.15, 0.2) is 83.3 Å². The zero-order chi connectivity index (χ0) is 30.5. The van der Waals surface area contributed by atoms with Gasteiger partial charge in [0.15, 0.2) is 0 Å². The van der Waals surface area contributed by atoms with E-state index in [2.05, 4.69) is 50.5 Å². The highest BCUT2D eigenvalue weighted by molar-refractivity contribution is 6.99. The number of methoxy groups -OCH3 is 2. The third-order valence-electron chi connectivity index (χ3n) is 6.97. The fraction of sp³-hybridized carbons (Fsp3) is 0.323. The molecule has 3 aromatic carbocycles. The number of hydrogen-bond donors (Lipinski definition) is 1. The van der Waals surface area contributed by atoms with E-state index in [9.17, 15) is 18.0 Å². The van der Waals surface area contributed by atoms with Gasteiger partial charge in [-0.05, 0) is 33.6 Å². The largest absolute Gasteiger partial charge is 0.463 e. The monoisotopic (exact) mass is 601 g/mol. The van der Waals surface area contributed by atoms with Crippen LogP contribution in [0.2, 0.25) is 5.04 Å². The van der Waals surface area contributed by atoms with E-state index in [1.807, 2.05) is 36.4 Å². The molecule has 0 aliphatic rings. The molecule has 1 unspecified atom stereocenters. The van der Waals surface area contributed by atoms with E-state index < -0.39 is 32.1 Å². The van der Waals surface area contributed by atoms with E-state index in [1.165, 1.54) is 7.11 Å². The van der Waals surface area contributed by atoms with Crippen molar-refractivity contribution in [3.05, 3.63) is 90.2 Å². The summed E-state index contributed by atoms with van der Waals surface area (Å²) in [6, 6.07) is 23.0. The lowest BCUT2D eigenvalue weighted by atomic mass is 10.1. The second-order valence-corrected chi connectivity index (χ2v) is 15.1. The van der Waals surface area contributed by atoms with Crippen molar-refractivity contribution in [1.82, 2.24) is 0 Å². The van der Waals surface area contributed by atoms with Gasteiger partial charge < -0.3 is 18.3 Å². The van der Waals surface area contributed by atoms with Crippen molar-refractivity contribution in [3.63, 3.8) is 0 Å². The lowest BCUT2D eigenvalue weighted by molar-refractivity contribution is -0.137. The summed E-state index contributed by atoms with van der Waals surface area (Å²) in [5, 5.41) is 1.85. The van der Waals surface area contributed by atoms with Crippen molar-refractivity contribution in [2.45, 2.75) is 38.1 Å². The number of fused-ring (bicyclic) bond motifs is 1. The van der Waals surface area contributed by atoms with Gasteiger partial charge in [-0.25, -0.2) is 4.79 Å². The number of furan rings is 1. The standard InChI is InChI=1S/C31H34F3NO6Si/c1-30(2,3)42(23-12-8-6-9-13-23,24-14-10-7-11-15-24)39-20-22(19-37-4)41-35-27-25-18-21(31(32,33)34)16-17-26(25)40-28(27)29(36)38-5/h6-18,22,35H,19-20H2,1-5H3. The zero-order valence-corrected chi connectivity index (χ0v) is 25.1. The molecule has 11 heteroatoms. The topological polar surface area (TPSA) is 79.2 Å². The number of nitrogens with one attached hydrogen (secondary N) is 1. The van der Waals surface area contributed by atoms with E-state index in [-0.39, 0.29) is 40.7 Å². The van der Waals surface area contributed by atoms with Gasteiger partial charge in [0.2, 0.25) is 5.76 Å². The first-order valence-corrected chi connectivity index (χ1v) is 15.2. The van der Waals surface area contributed by atoms with Crippen LogP contribution >= 0.6 is 0 Å². The van der Waals surface area contributed by atoms with Gasteiger partial charge in [0, 0.05) is 12.5 Å².